The molecule has 0 amide bonds. The highest BCUT2D eigenvalue weighted by atomic mass is 79.9. The molecule has 2 aromatic rings. The zero-order valence-corrected chi connectivity index (χ0v) is 11.3. The molecule has 0 aromatic heterocycles. The van der Waals surface area contributed by atoms with E-state index in [-0.39, 0.29) is 0 Å². The highest BCUT2D eigenvalue weighted by Crippen LogP contribution is 2.35. The van der Waals surface area contributed by atoms with Gasteiger partial charge >= 0.3 is 0 Å². The molecule has 1 unspecified atom stereocenters. The van der Waals surface area contributed by atoms with Crippen molar-refractivity contribution in [2.75, 3.05) is 5.32 Å². The van der Waals surface area contributed by atoms with Crippen LogP contribution in [0.15, 0.2) is 46.9 Å². The Kier molecular flexibility index (Phi) is 2.67. The zero-order valence-electron chi connectivity index (χ0n) is 9.70. The molecule has 86 valence electrons. The van der Waals surface area contributed by atoms with Crippen molar-refractivity contribution >= 4 is 21.6 Å². The predicted octanol–water partition coefficient (Wildman–Crippen LogP) is 4.47. The number of halogens is 1. The minimum atomic E-state index is 0.417. The SMILES string of the molecule is Cc1ccc(C2Cc3ccc(Br)cc3N2)cc1. The summed E-state index contributed by atoms with van der Waals surface area (Å²) in [7, 11) is 0. The first-order chi connectivity index (χ1) is 8.22. The van der Waals surface area contributed by atoms with Crippen LogP contribution >= 0.6 is 15.9 Å². The van der Waals surface area contributed by atoms with E-state index in [4.69, 9.17) is 0 Å². The first kappa shape index (κ1) is 10.8. The quantitative estimate of drug-likeness (QED) is 0.816. The van der Waals surface area contributed by atoms with Crippen LogP contribution in [-0.4, -0.2) is 0 Å². The van der Waals surface area contributed by atoms with E-state index < -0.39 is 0 Å². The average Bonchev–Trinajstić information content (AvgIpc) is 2.72. The first-order valence-corrected chi connectivity index (χ1v) is 6.63. The second-order valence-electron chi connectivity index (χ2n) is 4.61. The van der Waals surface area contributed by atoms with Gasteiger partial charge in [-0.25, -0.2) is 0 Å². The van der Waals surface area contributed by atoms with Gasteiger partial charge in [-0.05, 0) is 36.6 Å². The molecule has 1 nitrogen and oxygen atoms in total. The summed E-state index contributed by atoms with van der Waals surface area (Å²) in [4.78, 5) is 0. The van der Waals surface area contributed by atoms with Crippen LogP contribution < -0.4 is 5.32 Å². The van der Waals surface area contributed by atoms with Crippen LogP contribution in [0.1, 0.15) is 22.7 Å². The Morgan fingerprint density at radius 1 is 1.12 bits per heavy atom. The molecule has 0 spiro atoms. The Morgan fingerprint density at radius 2 is 1.88 bits per heavy atom. The summed E-state index contributed by atoms with van der Waals surface area (Å²) in [6.07, 6.45) is 1.08. The van der Waals surface area contributed by atoms with E-state index in [1.807, 2.05) is 0 Å². The van der Waals surface area contributed by atoms with Gasteiger partial charge in [-0.2, -0.15) is 0 Å². The lowest BCUT2D eigenvalue weighted by Crippen LogP contribution is -2.05. The van der Waals surface area contributed by atoms with E-state index in [1.54, 1.807) is 0 Å². The van der Waals surface area contributed by atoms with Crippen LogP contribution in [0.3, 0.4) is 0 Å². The molecule has 1 atom stereocenters. The minimum absolute atomic E-state index is 0.417. The monoisotopic (exact) mass is 287 g/mol. The molecule has 1 heterocycles. The Bertz CT molecular complexity index is 545. The topological polar surface area (TPSA) is 12.0 Å². The summed E-state index contributed by atoms with van der Waals surface area (Å²) in [5.74, 6) is 0. The average molecular weight is 288 g/mol. The van der Waals surface area contributed by atoms with Crippen LogP contribution in [-0.2, 0) is 6.42 Å². The normalized spacial score (nSPS) is 17.6. The molecule has 0 aliphatic carbocycles. The Balaban J connectivity index is 1.88. The van der Waals surface area contributed by atoms with Gasteiger partial charge < -0.3 is 5.32 Å². The molecule has 2 heteroatoms. The molecule has 1 aliphatic rings. The van der Waals surface area contributed by atoms with Gasteiger partial charge in [0.2, 0.25) is 0 Å². The van der Waals surface area contributed by atoms with Crippen molar-refractivity contribution in [1.82, 2.24) is 0 Å². The number of benzene rings is 2. The molecule has 1 N–H and O–H groups in total. The van der Waals surface area contributed by atoms with Gasteiger partial charge in [0.1, 0.15) is 0 Å². The van der Waals surface area contributed by atoms with Crippen molar-refractivity contribution in [3.8, 4) is 0 Å². The fourth-order valence-electron chi connectivity index (χ4n) is 2.32. The summed E-state index contributed by atoms with van der Waals surface area (Å²) < 4.78 is 1.13. The van der Waals surface area contributed by atoms with Crippen LogP contribution in [0.5, 0.6) is 0 Å². The second-order valence-corrected chi connectivity index (χ2v) is 5.53. The van der Waals surface area contributed by atoms with E-state index >= 15 is 0 Å². The molecular formula is C15H14BrN. The van der Waals surface area contributed by atoms with Crippen LogP contribution in [0.2, 0.25) is 0 Å². The molecule has 0 radical (unpaired) electrons. The third-order valence-corrected chi connectivity index (χ3v) is 3.80. The van der Waals surface area contributed by atoms with Gasteiger partial charge in [0.15, 0.2) is 0 Å². The lowest BCUT2D eigenvalue weighted by atomic mass is 10.0. The fourth-order valence-corrected chi connectivity index (χ4v) is 2.68. The van der Waals surface area contributed by atoms with Gasteiger partial charge in [-0.3, -0.25) is 0 Å². The summed E-state index contributed by atoms with van der Waals surface area (Å²) >= 11 is 3.51. The van der Waals surface area contributed by atoms with Crippen molar-refractivity contribution in [2.24, 2.45) is 0 Å². The Hall–Kier alpha value is -1.28. The summed E-state index contributed by atoms with van der Waals surface area (Å²) in [5, 5.41) is 3.58. The molecular weight excluding hydrogens is 274 g/mol. The first-order valence-electron chi connectivity index (χ1n) is 5.84. The minimum Gasteiger partial charge on any atom is -0.378 e. The molecule has 0 fully saturated rings. The van der Waals surface area contributed by atoms with E-state index in [0.717, 1.165) is 10.9 Å². The Morgan fingerprint density at radius 3 is 2.65 bits per heavy atom. The lowest BCUT2D eigenvalue weighted by Gasteiger charge is -2.11. The molecule has 0 saturated heterocycles. The van der Waals surface area contributed by atoms with E-state index in [1.165, 1.54) is 22.4 Å². The van der Waals surface area contributed by atoms with Crippen molar-refractivity contribution in [2.45, 2.75) is 19.4 Å². The molecule has 0 bridgehead atoms. The Labute approximate surface area is 110 Å². The van der Waals surface area contributed by atoms with E-state index in [9.17, 15) is 0 Å². The van der Waals surface area contributed by atoms with Crippen molar-refractivity contribution in [3.05, 3.63) is 63.6 Å². The van der Waals surface area contributed by atoms with Gasteiger partial charge in [0, 0.05) is 10.2 Å². The number of hydrogen-bond acceptors (Lipinski definition) is 1. The maximum absolute atomic E-state index is 3.58. The molecule has 3 rings (SSSR count). The smallest absolute Gasteiger partial charge is 0.0555 e. The number of fused-ring (bicyclic) bond motifs is 1. The third kappa shape index (κ3) is 2.09. The second kappa shape index (κ2) is 4.19. The highest BCUT2D eigenvalue weighted by Gasteiger charge is 2.21. The van der Waals surface area contributed by atoms with Crippen molar-refractivity contribution in [1.29, 1.82) is 0 Å². The summed E-state index contributed by atoms with van der Waals surface area (Å²) in [6, 6.07) is 15.7. The number of nitrogens with one attached hydrogen (secondary N) is 1. The number of hydrogen-bond donors (Lipinski definition) is 1. The van der Waals surface area contributed by atoms with Gasteiger partial charge in [0.25, 0.3) is 0 Å². The molecule has 17 heavy (non-hydrogen) atoms. The predicted molar refractivity (Wildman–Crippen MR) is 75.4 cm³/mol. The number of rotatable bonds is 1. The number of aryl methyl sites for hydroxylation is 1. The fraction of sp³-hybridized carbons (Fsp3) is 0.200. The number of anilines is 1. The van der Waals surface area contributed by atoms with E-state index in [0.29, 0.717) is 6.04 Å². The van der Waals surface area contributed by atoms with Crippen molar-refractivity contribution in [3.63, 3.8) is 0 Å². The highest BCUT2D eigenvalue weighted by molar-refractivity contribution is 9.10. The maximum atomic E-state index is 3.58. The molecule has 0 saturated carbocycles. The standard InChI is InChI=1S/C15H14BrN/c1-10-2-4-11(5-3-10)14-8-12-6-7-13(16)9-15(12)17-14/h2-7,9,14,17H,8H2,1H3. The molecule has 1 aliphatic heterocycles. The summed E-state index contributed by atoms with van der Waals surface area (Å²) in [6.45, 7) is 2.12. The van der Waals surface area contributed by atoms with Gasteiger partial charge in [0.05, 0.1) is 6.04 Å². The largest absolute Gasteiger partial charge is 0.378 e. The third-order valence-electron chi connectivity index (χ3n) is 3.31. The van der Waals surface area contributed by atoms with Crippen LogP contribution in [0, 0.1) is 6.92 Å². The molecule has 2 aromatic carbocycles. The van der Waals surface area contributed by atoms with Gasteiger partial charge in [-0.15, -0.1) is 0 Å². The van der Waals surface area contributed by atoms with Crippen LogP contribution in [0.25, 0.3) is 0 Å². The summed E-state index contributed by atoms with van der Waals surface area (Å²) in [5.41, 5.74) is 5.33. The van der Waals surface area contributed by atoms with Gasteiger partial charge in [-0.1, -0.05) is 51.8 Å². The lowest BCUT2D eigenvalue weighted by molar-refractivity contribution is 0.824. The maximum Gasteiger partial charge on any atom is 0.0555 e. The van der Waals surface area contributed by atoms with Crippen LogP contribution in [0.4, 0.5) is 5.69 Å². The van der Waals surface area contributed by atoms with Crippen molar-refractivity contribution < 1.29 is 0 Å². The van der Waals surface area contributed by atoms with E-state index in [2.05, 4.69) is 70.6 Å². The zero-order chi connectivity index (χ0) is 11.8.